The number of hydrogen-bond acceptors (Lipinski definition) is 3. The molecule has 16 heavy (non-hydrogen) atoms. The molecule has 4 nitrogen and oxygen atoms in total. The van der Waals surface area contributed by atoms with Crippen LogP contribution in [-0.2, 0) is 14.3 Å². The Morgan fingerprint density at radius 2 is 2.00 bits per heavy atom. The highest BCUT2D eigenvalue weighted by molar-refractivity contribution is 5.79. The largest absolute Gasteiger partial charge is 0.481 e. The van der Waals surface area contributed by atoms with Crippen LogP contribution in [0.15, 0.2) is 12.7 Å². The summed E-state index contributed by atoms with van der Waals surface area (Å²) in [7, 11) is 0. The summed E-state index contributed by atoms with van der Waals surface area (Å²) in [5.41, 5.74) is -0.455. The van der Waals surface area contributed by atoms with Gasteiger partial charge in [0.2, 0.25) is 0 Å². The first-order valence-corrected chi connectivity index (χ1v) is 5.28. The Hall–Kier alpha value is -1.32. The van der Waals surface area contributed by atoms with Crippen LogP contribution in [-0.4, -0.2) is 23.7 Å². The third kappa shape index (κ3) is 5.53. The summed E-state index contributed by atoms with van der Waals surface area (Å²) in [4.78, 5) is 22.3. The summed E-state index contributed by atoms with van der Waals surface area (Å²) in [5, 5.41) is 9.01. The first-order chi connectivity index (χ1) is 7.29. The van der Waals surface area contributed by atoms with E-state index in [9.17, 15) is 9.59 Å². The summed E-state index contributed by atoms with van der Waals surface area (Å²) < 4.78 is 4.88. The van der Waals surface area contributed by atoms with Gasteiger partial charge in [0.1, 0.15) is 0 Å². The monoisotopic (exact) mass is 228 g/mol. The molecule has 0 spiro atoms. The molecule has 0 saturated carbocycles. The zero-order chi connectivity index (χ0) is 12.8. The molecule has 0 rings (SSSR count). The van der Waals surface area contributed by atoms with Crippen LogP contribution in [0, 0.1) is 11.3 Å². The highest BCUT2D eigenvalue weighted by Crippen LogP contribution is 2.29. The van der Waals surface area contributed by atoms with Crippen molar-refractivity contribution in [2.75, 3.05) is 6.61 Å². The van der Waals surface area contributed by atoms with Gasteiger partial charge in [-0.3, -0.25) is 9.59 Å². The maximum atomic E-state index is 11.4. The summed E-state index contributed by atoms with van der Waals surface area (Å²) >= 11 is 0. The van der Waals surface area contributed by atoms with E-state index in [1.54, 1.807) is 26.8 Å². The number of carbonyl (C=O) groups is 2. The number of ether oxygens (including phenoxy) is 1. The molecule has 1 N–H and O–H groups in total. The van der Waals surface area contributed by atoms with Gasteiger partial charge in [-0.05, 0) is 11.8 Å². The van der Waals surface area contributed by atoms with Crippen molar-refractivity contribution in [1.29, 1.82) is 0 Å². The van der Waals surface area contributed by atoms with Gasteiger partial charge in [-0.25, -0.2) is 0 Å². The topological polar surface area (TPSA) is 63.6 Å². The number of aliphatic carboxylic acids is 1. The second-order valence-electron chi connectivity index (χ2n) is 4.76. The van der Waals surface area contributed by atoms with E-state index in [1.165, 1.54) is 0 Å². The first kappa shape index (κ1) is 14.7. The standard InChI is InChI=1S/C12H20O4/c1-5-6-7-16-10(13)8-9(11(14)15)12(2,3)4/h5,9H,1,6-8H2,2-4H3,(H,14,15)/t9-/m1/s1. The van der Waals surface area contributed by atoms with E-state index in [2.05, 4.69) is 6.58 Å². The minimum absolute atomic E-state index is 0.0873. The Labute approximate surface area is 96.3 Å². The van der Waals surface area contributed by atoms with Gasteiger partial charge in [0, 0.05) is 0 Å². The highest BCUT2D eigenvalue weighted by Gasteiger charge is 2.33. The van der Waals surface area contributed by atoms with E-state index >= 15 is 0 Å². The zero-order valence-corrected chi connectivity index (χ0v) is 10.2. The first-order valence-electron chi connectivity index (χ1n) is 5.28. The lowest BCUT2D eigenvalue weighted by Crippen LogP contribution is -2.31. The molecule has 92 valence electrons. The molecule has 0 aliphatic heterocycles. The van der Waals surface area contributed by atoms with E-state index in [0.29, 0.717) is 6.42 Å². The molecule has 0 saturated heterocycles. The van der Waals surface area contributed by atoms with E-state index in [4.69, 9.17) is 9.84 Å². The molecule has 0 aromatic rings. The lowest BCUT2D eigenvalue weighted by molar-refractivity contribution is -0.155. The molecule has 0 amide bonds. The molecule has 0 aliphatic carbocycles. The number of carboxylic acids is 1. The third-order valence-electron chi connectivity index (χ3n) is 2.30. The van der Waals surface area contributed by atoms with Crippen molar-refractivity contribution in [2.45, 2.75) is 33.6 Å². The maximum absolute atomic E-state index is 11.4. The Morgan fingerprint density at radius 1 is 1.44 bits per heavy atom. The Bertz CT molecular complexity index is 263. The molecule has 4 heteroatoms. The van der Waals surface area contributed by atoms with Crippen molar-refractivity contribution >= 4 is 11.9 Å². The molecule has 0 radical (unpaired) electrons. The van der Waals surface area contributed by atoms with Crippen molar-refractivity contribution in [2.24, 2.45) is 11.3 Å². The van der Waals surface area contributed by atoms with Crippen LogP contribution in [0.3, 0.4) is 0 Å². The quantitative estimate of drug-likeness (QED) is 0.430. The second-order valence-corrected chi connectivity index (χ2v) is 4.76. The predicted octanol–water partition coefficient (Wildman–Crippen LogP) is 2.24. The lowest BCUT2D eigenvalue weighted by atomic mass is 9.79. The molecule has 1 atom stereocenters. The van der Waals surface area contributed by atoms with Crippen molar-refractivity contribution in [1.82, 2.24) is 0 Å². The van der Waals surface area contributed by atoms with Gasteiger partial charge in [-0.1, -0.05) is 26.8 Å². The van der Waals surface area contributed by atoms with E-state index in [-0.39, 0.29) is 13.0 Å². The third-order valence-corrected chi connectivity index (χ3v) is 2.30. The zero-order valence-electron chi connectivity index (χ0n) is 10.2. The van der Waals surface area contributed by atoms with E-state index < -0.39 is 23.3 Å². The van der Waals surface area contributed by atoms with Gasteiger partial charge in [0.05, 0.1) is 18.9 Å². The summed E-state index contributed by atoms with van der Waals surface area (Å²) in [6, 6.07) is 0. The molecule has 0 aromatic carbocycles. The van der Waals surface area contributed by atoms with Gasteiger partial charge in [0.15, 0.2) is 0 Å². The average molecular weight is 228 g/mol. The van der Waals surface area contributed by atoms with Crippen molar-refractivity contribution in [3.05, 3.63) is 12.7 Å². The second kappa shape index (κ2) is 6.30. The Morgan fingerprint density at radius 3 is 2.38 bits per heavy atom. The van der Waals surface area contributed by atoms with E-state index in [1.807, 2.05) is 0 Å². The number of esters is 1. The van der Waals surface area contributed by atoms with Gasteiger partial charge in [-0.2, -0.15) is 0 Å². The lowest BCUT2D eigenvalue weighted by Gasteiger charge is -2.26. The minimum Gasteiger partial charge on any atom is -0.481 e. The van der Waals surface area contributed by atoms with Crippen molar-refractivity contribution < 1.29 is 19.4 Å². The number of carbonyl (C=O) groups excluding carboxylic acids is 1. The minimum atomic E-state index is -0.965. The van der Waals surface area contributed by atoms with Gasteiger partial charge in [-0.15, -0.1) is 6.58 Å². The van der Waals surface area contributed by atoms with Crippen LogP contribution >= 0.6 is 0 Å². The van der Waals surface area contributed by atoms with Crippen LogP contribution < -0.4 is 0 Å². The van der Waals surface area contributed by atoms with Crippen LogP contribution in [0.2, 0.25) is 0 Å². The molecule has 0 unspecified atom stereocenters. The fourth-order valence-electron chi connectivity index (χ4n) is 1.25. The fourth-order valence-corrected chi connectivity index (χ4v) is 1.25. The molecule has 0 bridgehead atoms. The number of carboxylic acid groups (broad SMARTS) is 1. The molecule has 0 aromatic heterocycles. The van der Waals surface area contributed by atoms with Crippen molar-refractivity contribution in [3.63, 3.8) is 0 Å². The smallest absolute Gasteiger partial charge is 0.307 e. The molecular formula is C12H20O4. The van der Waals surface area contributed by atoms with E-state index in [0.717, 1.165) is 0 Å². The summed E-state index contributed by atoms with van der Waals surface area (Å²) in [5.74, 6) is -2.15. The Balaban J connectivity index is 4.25. The molecule has 0 fully saturated rings. The SMILES string of the molecule is C=CCCOC(=O)C[C@H](C(=O)O)C(C)(C)C. The van der Waals surface area contributed by atoms with Crippen LogP contribution in [0.1, 0.15) is 33.6 Å². The predicted molar refractivity (Wildman–Crippen MR) is 61.0 cm³/mol. The van der Waals surface area contributed by atoms with Crippen molar-refractivity contribution in [3.8, 4) is 0 Å². The number of hydrogen-bond donors (Lipinski definition) is 1. The average Bonchev–Trinajstić information content (AvgIpc) is 2.12. The summed E-state index contributed by atoms with van der Waals surface area (Å²) in [6.45, 7) is 9.15. The van der Waals surface area contributed by atoms with Gasteiger partial charge < -0.3 is 9.84 Å². The van der Waals surface area contributed by atoms with Gasteiger partial charge in [0.25, 0.3) is 0 Å². The maximum Gasteiger partial charge on any atom is 0.307 e. The molecule has 0 heterocycles. The fraction of sp³-hybridized carbons (Fsp3) is 0.667. The Kier molecular flexibility index (Phi) is 5.78. The number of rotatable bonds is 6. The highest BCUT2D eigenvalue weighted by atomic mass is 16.5. The van der Waals surface area contributed by atoms with Crippen LogP contribution in [0.25, 0.3) is 0 Å². The van der Waals surface area contributed by atoms with Gasteiger partial charge >= 0.3 is 11.9 Å². The van der Waals surface area contributed by atoms with Crippen LogP contribution in [0.5, 0.6) is 0 Å². The summed E-state index contributed by atoms with van der Waals surface area (Å²) in [6.07, 6.45) is 2.14. The molecular weight excluding hydrogens is 208 g/mol. The van der Waals surface area contributed by atoms with Crippen LogP contribution in [0.4, 0.5) is 0 Å². The molecule has 0 aliphatic rings. The normalized spacial score (nSPS) is 12.9.